The predicted octanol–water partition coefficient (Wildman–Crippen LogP) is 4.94. The van der Waals surface area contributed by atoms with Crippen molar-refractivity contribution >= 4 is 5.82 Å². The molecule has 1 atom stereocenters. The second-order valence-electron chi connectivity index (χ2n) is 6.14. The lowest BCUT2D eigenvalue weighted by Crippen LogP contribution is -2.09. The minimum absolute atomic E-state index is 0.106. The van der Waals surface area contributed by atoms with Crippen LogP contribution >= 0.6 is 0 Å². The summed E-state index contributed by atoms with van der Waals surface area (Å²) in [6, 6.07) is 18.4. The van der Waals surface area contributed by atoms with E-state index in [1.807, 2.05) is 43.3 Å². The largest absolute Gasteiger partial charge is 0.497 e. The van der Waals surface area contributed by atoms with E-state index < -0.39 is 0 Å². The fourth-order valence-electron chi connectivity index (χ4n) is 2.86. The number of nitrogens with zero attached hydrogens (tertiary/aromatic N) is 2. The minimum atomic E-state index is 0.106. The molecular formula is C21H23N3O. The van der Waals surface area contributed by atoms with Crippen molar-refractivity contribution in [3.63, 3.8) is 0 Å². The lowest BCUT2D eigenvalue weighted by molar-refractivity contribution is 0.414. The van der Waals surface area contributed by atoms with Crippen LogP contribution in [0.2, 0.25) is 0 Å². The molecule has 1 heterocycles. The van der Waals surface area contributed by atoms with E-state index in [0.29, 0.717) is 0 Å². The normalized spacial score (nSPS) is 11.8. The zero-order valence-electron chi connectivity index (χ0n) is 15.1. The number of anilines is 1. The van der Waals surface area contributed by atoms with Gasteiger partial charge in [-0.25, -0.2) is 9.97 Å². The number of aromatic nitrogens is 2. The molecule has 0 spiro atoms. The van der Waals surface area contributed by atoms with E-state index in [1.165, 1.54) is 5.56 Å². The highest BCUT2D eigenvalue weighted by molar-refractivity contribution is 5.66. The second-order valence-corrected chi connectivity index (χ2v) is 6.14. The minimum Gasteiger partial charge on any atom is -0.497 e. The summed E-state index contributed by atoms with van der Waals surface area (Å²) in [4.78, 5) is 9.14. The quantitative estimate of drug-likeness (QED) is 0.718. The summed E-state index contributed by atoms with van der Waals surface area (Å²) in [5.41, 5.74) is 4.41. The van der Waals surface area contributed by atoms with Crippen molar-refractivity contribution in [3.8, 4) is 17.0 Å². The van der Waals surface area contributed by atoms with Gasteiger partial charge in [-0.3, -0.25) is 0 Å². The molecule has 25 heavy (non-hydrogen) atoms. The molecule has 0 radical (unpaired) electrons. The molecule has 1 aromatic heterocycles. The van der Waals surface area contributed by atoms with Gasteiger partial charge in [0.15, 0.2) is 0 Å². The third-order valence-electron chi connectivity index (χ3n) is 4.22. The molecule has 0 aliphatic carbocycles. The van der Waals surface area contributed by atoms with E-state index in [-0.39, 0.29) is 6.04 Å². The standard InChI is InChI=1S/C21H23N3O/c1-14-8-5-6-11-19(14)20-13-21(24-16(3)23-20)22-15(2)17-9-7-10-18(12-17)25-4/h5-13,15H,1-4H3,(H,22,23,24). The van der Waals surface area contributed by atoms with Crippen LogP contribution in [0.4, 0.5) is 5.82 Å². The molecule has 0 amide bonds. The first kappa shape index (κ1) is 17.0. The van der Waals surface area contributed by atoms with Gasteiger partial charge in [-0.15, -0.1) is 0 Å². The van der Waals surface area contributed by atoms with E-state index >= 15 is 0 Å². The molecule has 0 fully saturated rings. The van der Waals surface area contributed by atoms with Crippen molar-refractivity contribution in [1.29, 1.82) is 0 Å². The van der Waals surface area contributed by atoms with Crippen molar-refractivity contribution < 1.29 is 4.74 Å². The number of ether oxygens (including phenoxy) is 1. The Morgan fingerprint density at radius 3 is 2.52 bits per heavy atom. The molecule has 0 aliphatic rings. The smallest absolute Gasteiger partial charge is 0.130 e. The van der Waals surface area contributed by atoms with Crippen molar-refractivity contribution in [2.45, 2.75) is 26.8 Å². The SMILES string of the molecule is COc1cccc(C(C)Nc2cc(-c3ccccc3C)nc(C)n2)c1. The first-order chi connectivity index (χ1) is 12.1. The Kier molecular flexibility index (Phi) is 4.98. The van der Waals surface area contributed by atoms with E-state index in [0.717, 1.165) is 34.2 Å². The highest BCUT2D eigenvalue weighted by atomic mass is 16.5. The molecule has 3 rings (SSSR count). The van der Waals surface area contributed by atoms with E-state index in [2.05, 4.69) is 47.3 Å². The Morgan fingerprint density at radius 2 is 1.76 bits per heavy atom. The average molecular weight is 333 g/mol. The van der Waals surface area contributed by atoms with Crippen LogP contribution in [-0.4, -0.2) is 17.1 Å². The Morgan fingerprint density at radius 1 is 0.960 bits per heavy atom. The topological polar surface area (TPSA) is 47.0 Å². The number of hydrogen-bond acceptors (Lipinski definition) is 4. The van der Waals surface area contributed by atoms with Crippen LogP contribution in [-0.2, 0) is 0 Å². The second kappa shape index (κ2) is 7.34. The van der Waals surface area contributed by atoms with Crippen LogP contribution in [0.3, 0.4) is 0 Å². The number of hydrogen-bond donors (Lipinski definition) is 1. The summed E-state index contributed by atoms with van der Waals surface area (Å²) in [7, 11) is 1.68. The predicted molar refractivity (Wildman–Crippen MR) is 102 cm³/mol. The van der Waals surface area contributed by atoms with Gasteiger partial charge in [0.25, 0.3) is 0 Å². The molecule has 3 aromatic rings. The molecule has 1 unspecified atom stereocenters. The van der Waals surface area contributed by atoms with Gasteiger partial charge < -0.3 is 10.1 Å². The molecule has 0 saturated heterocycles. The molecule has 1 N–H and O–H groups in total. The number of rotatable bonds is 5. The maximum Gasteiger partial charge on any atom is 0.130 e. The zero-order chi connectivity index (χ0) is 17.8. The van der Waals surface area contributed by atoms with Gasteiger partial charge in [0.2, 0.25) is 0 Å². The summed E-state index contributed by atoms with van der Waals surface area (Å²) in [6.07, 6.45) is 0. The maximum absolute atomic E-state index is 5.31. The van der Waals surface area contributed by atoms with E-state index in [4.69, 9.17) is 4.74 Å². The first-order valence-electron chi connectivity index (χ1n) is 8.39. The van der Waals surface area contributed by atoms with Gasteiger partial charge in [-0.2, -0.15) is 0 Å². The van der Waals surface area contributed by atoms with E-state index in [1.54, 1.807) is 7.11 Å². The van der Waals surface area contributed by atoms with Gasteiger partial charge >= 0.3 is 0 Å². The Bertz CT molecular complexity index is 877. The summed E-state index contributed by atoms with van der Waals surface area (Å²) in [5.74, 6) is 2.42. The summed E-state index contributed by atoms with van der Waals surface area (Å²) in [6.45, 7) is 6.13. The molecule has 0 aliphatic heterocycles. The molecule has 4 nitrogen and oxygen atoms in total. The van der Waals surface area contributed by atoms with Crippen LogP contribution in [0.25, 0.3) is 11.3 Å². The zero-order valence-corrected chi connectivity index (χ0v) is 15.1. The van der Waals surface area contributed by atoms with Crippen molar-refractivity contribution in [2.24, 2.45) is 0 Å². The maximum atomic E-state index is 5.31. The van der Waals surface area contributed by atoms with Gasteiger partial charge in [0.05, 0.1) is 18.8 Å². The highest BCUT2D eigenvalue weighted by Crippen LogP contribution is 2.26. The molecular weight excluding hydrogens is 310 g/mol. The molecule has 0 bridgehead atoms. The lowest BCUT2D eigenvalue weighted by atomic mass is 10.1. The van der Waals surface area contributed by atoms with Gasteiger partial charge in [0, 0.05) is 11.6 Å². The van der Waals surface area contributed by atoms with Gasteiger partial charge in [-0.05, 0) is 44.0 Å². The van der Waals surface area contributed by atoms with Crippen LogP contribution in [0.5, 0.6) is 5.75 Å². The fraction of sp³-hybridized carbons (Fsp3) is 0.238. The molecule has 2 aromatic carbocycles. The Labute approximate surface area is 148 Å². The fourth-order valence-corrected chi connectivity index (χ4v) is 2.86. The first-order valence-corrected chi connectivity index (χ1v) is 8.39. The number of nitrogens with one attached hydrogen (secondary N) is 1. The van der Waals surface area contributed by atoms with Crippen molar-refractivity contribution in [3.05, 3.63) is 71.5 Å². The Hall–Kier alpha value is -2.88. The number of aryl methyl sites for hydroxylation is 2. The number of benzene rings is 2. The monoisotopic (exact) mass is 333 g/mol. The molecule has 0 saturated carbocycles. The molecule has 4 heteroatoms. The van der Waals surface area contributed by atoms with Crippen molar-refractivity contribution in [1.82, 2.24) is 9.97 Å². The Balaban J connectivity index is 1.89. The van der Waals surface area contributed by atoms with Crippen LogP contribution in [0.1, 0.15) is 29.9 Å². The summed E-state index contributed by atoms with van der Waals surface area (Å²) >= 11 is 0. The van der Waals surface area contributed by atoms with Gasteiger partial charge in [0.1, 0.15) is 17.4 Å². The summed E-state index contributed by atoms with van der Waals surface area (Å²) < 4.78 is 5.31. The van der Waals surface area contributed by atoms with Gasteiger partial charge in [-0.1, -0.05) is 36.4 Å². The third kappa shape index (κ3) is 3.97. The van der Waals surface area contributed by atoms with Crippen LogP contribution in [0.15, 0.2) is 54.6 Å². The van der Waals surface area contributed by atoms with E-state index in [9.17, 15) is 0 Å². The van der Waals surface area contributed by atoms with Crippen LogP contribution in [0, 0.1) is 13.8 Å². The molecule has 128 valence electrons. The summed E-state index contributed by atoms with van der Waals surface area (Å²) in [5, 5.41) is 3.47. The average Bonchev–Trinajstić information content (AvgIpc) is 2.61. The van der Waals surface area contributed by atoms with Crippen LogP contribution < -0.4 is 10.1 Å². The number of methoxy groups -OCH3 is 1. The third-order valence-corrected chi connectivity index (χ3v) is 4.22. The highest BCUT2D eigenvalue weighted by Gasteiger charge is 2.11. The van der Waals surface area contributed by atoms with Crippen molar-refractivity contribution in [2.75, 3.05) is 12.4 Å². The lowest BCUT2D eigenvalue weighted by Gasteiger charge is -2.17.